The van der Waals surface area contributed by atoms with Gasteiger partial charge in [-0.2, -0.15) is 0 Å². The Bertz CT molecular complexity index is 696. The van der Waals surface area contributed by atoms with E-state index in [9.17, 15) is 4.79 Å². The van der Waals surface area contributed by atoms with Crippen LogP contribution in [0.5, 0.6) is 5.75 Å². The molecule has 0 saturated carbocycles. The summed E-state index contributed by atoms with van der Waals surface area (Å²) in [5.74, 6) is 0.846. The molecule has 0 saturated heterocycles. The summed E-state index contributed by atoms with van der Waals surface area (Å²) >= 11 is 0. The third kappa shape index (κ3) is 2.77. The van der Waals surface area contributed by atoms with Gasteiger partial charge in [-0.3, -0.25) is 0 Å². The number of nitrogens with one attached hydrogen (secondary N) is 1. The molecule has 1 aliphatic carbocycles. The van der Waals surface area contributed by atoms with Crippen molar-refractivity contribution >= 4 is 6.09 Å². The Balaban J connectivity index is 1.99. The fourth-order valence-electron chi connectivity index (χ4n) is 3.16. The van der Waals surface area contributed by atoms with Gasteiger partial charge >= 0.3 is 6.09 Å². The van der Waals surface area contributed by atoms with Crippen LogP contribution in [-0.4, -0.2) is 18.3 Å². The standard InChI is InChI=1S/C18H19NO3/c1-22-17-8-3-2-6-15(17)13-9-10-14-12(11-13)5-4-7-16(14)19-18(20)21/h2-3,6,8-11,16,19H,4-5,7H2,1H3,(H,20,21). The van der Waals surface area contributed by atoms with Gasteiger partial charge in [-0.25, -0.2) is 4.79 Å². The molecule has 1 unspecified atom stereocenters. The number of aryl methyl sites for hydroxylation is 1. The highest BCUT2D eigenvalue weighted by molar-refractivity contribution is 5.72. The molecule has 4 heteroatoms. The van der Waals surface area contributed by atoms with Gasteiger partial charge in [-0.1, -0.05) is 36.4 Å². The minimum absolute atomic E-state index is 0.104. The number of ether oxygens (including phenoxy) is 1. The van der Waals surface area contributed by atoms with Gasteiger partial charge in [0.1, 0.15) is 5.75 Å². The molecule has 3 rings (SSSR count). The number of hydrogen-bond acceptors (Lipinski definition) is 2. The van der Waals surface area contributed by atoms with E-state index in [-0.39, 0.29) is 6.04 Å². The number of carboxylic acid groups (broad SMARTS) is 1. The molecule has 0 aliphatic heterocycles. The first kappa shape index (κ1) is 14.4. The van der Waals surface area contributed by atoms with Crippen LogP contribution in [0, 0.1) is 0 Å². The van der Waals surface area contributed by atoms with E-state index < -0.39 is 6.09 Å². The number of para-hydroxylation sites is 1. The van der Waals surface area contributed by atoms with Gasteiger partial charge in [0.25, 0.3) is 0 Å². The fraction of sp³-hybridized carbons (Fsp3) is 0.278. The van der Waals surface area contributed by atoms with Crippen LogP contribution in [0.15, 0.2) is 42.5 Å². The van der Waals surface area contributed by atoms with Gasteiger partial charge in [0.2, 0.25) is 0 Å². The molecule has 0 heterocycles. The second-order valence-electron chi connectivity index (χ2n) is 5.51. The van der Waals surface area contributed by atoms with Crippen LogP contribution < -0.4 is 10.1 Å². The number of rotatable bonds is 3. The van der Waals surface area contributed by atoms with Crippen LogP contribution in [0.1, 0.15) is 30.0 Å². The molecule has 2 N–H and O–H groups in total. The summed E-state index contributed by atoms with van der Waals surface area (Å²) in [5.41, 5.74) is 4.47. The van der Waals surface area contributed by atoms with E-state index in [2.05, 4.69) is 11.4 Å². The van der Waals surface area contributed by atoms with Crippen LogP contribution in [0.3, 0.4) is 0 Å². The lowest BCUT2D eigenvalue weighted by Crippen LogP contribution is -2.29. The van der Waals surface area contributed by atoms with Crippen LogP contribution in [0.2, 0.25) is 0 Å². The van der Waals surface area contributed by atoms with Crippen molar-refractivity contribution in [1.29, 1.82) is 0 Å². The Morgan fingerprint density at radius 3 is 2.86 bits per heavy atom. The van der Waals surface area contributed by atoms with Crippen molar-refractivity contribution in [1.82, 2.24) is 5.32 Å². The molecule has 0 spiro atoms. The van der Waals surface area contributed by atoms with E-state index in [0.717, 1.165) is 41.7 Å². The lowest BCUT2D eigenvalue weighted by atomic mass is 9.85. The average Bonchev–Trinajstić information content (AvgIpc) is 2.54. The van der Waals surface area contributed by atoms with Crippen LogP contribution in [0.4, 0.5) is 4.79 Å². The maximum absolute atomic E-state index is 10.9. The molecule has 114 valence electrons. The Hall–Kier alpha value is -2.49. The number of benzene rings is 2. The summed E-state index contributed by atoms with van der Waals surface area (Å²) in [5, 5.41) is 11.6. The second kappa shape index (κ2) is 6.10. The van der Waals surface area contributed by atoms with Crippen LogP contribution in [-0.2, 0) is 6.42 Å². The normalized spacial score (nSPS) is 16.7. The molecule has 0 aromatic heterocycles. The highest BCUT2D eigenvalue weighted by atomic mass is 16.5. The van der Waals surface area contributed by atoms with Crippen molar-refractivity contribution < 1.29 is 14.6 Å². The van der Waals surface area contributed by atoms with Gasteiger partial charge in [0.15, 0.2) is 0 Å². The lowest BCUT2D eigenvalue weighted by molar-refractivity contribution is 0.188. The van der Waals surface area contributed by atoms with E-state index in [1.807, 2.05) is 36.4 Å². The SMILES string of the molecule is COc1ccccc1-c1ccc2c(c1)CCCC2NC(=O)O. The van der Waals surface area contributed by atoms with E-state index >= 15 is 0 Å². The molecular weight excluding hydrogens is 278 g/mol. The zero-order valence-electron chi connectivity index (χ0n) is 12.5. The minimum Gasteiger partial charge on any atom is -0.496 e. The predicted molar refractivity (Wildman–Crippen MR) is 85.3 cm³/mol. The first-order chi connectivity index (χ1) is 10.7. The maximum atomic E-state index is 10.9. The van der Waals surface area contributed by atoms with E-state index in [4.69, 9.17) is 9.84 Å². The molecule has 2 aromatic rings. The summed E-state index contributed by atoms with van der Waals surface area (Å²) in [6.07, 6.45) is 1.86. The molecule has 4 nitrogen and oxygen atoms in total. The van der Waals surface area contributed by atoms with Gasteiger partial charge in [0.05, 0.1) is 13.2 Å². The van der Waals surface area contributed by atoms with E-state index in [1.165, 1.54) is 5.56 Å². The number of amides is 1. The molecule has 1 aliphatic rings. The molecule has 1 amide bonds. The van der Waals surface area contributed by atoms with E-state index in [1.54, 1.807) is 7.11 Å². The zero-order valence-corrected chi connectivity index (χ0v) is 12.5. The lowest BCUT2D eigenvalue weighted by Gasteiger charge is -2.26. The summed E-state index contributed by atoms with van der Waals surface area (Å²) in [7, 11) is 1.67. The maximum Gasteiger partial charge on any atom is 0.405 e. The Labute approximate surface area is 129 Å². The van der Waals surface area contributed by atoms with E-state index in [0.29, 0.717) is 0 Å². The molecule has 0 fully saturated rings. The summed E-state index contributed by atoms with van der Waals surface area (Å²) in [4.78, 5) is 10.9. The van der Waals surface area contributed by atoms with Crippen LogP contribution in [0.25, 0.3) is 11.1 Å². The number of carbonyl (C=O) groups is 1. The average molecular weight is 297 g/mol. The first-order valence-electron chi connectivity index (χ1n) is 7.44. The van der Waals surface area contributed by atoms with Crippen LogP contribution >= 0.6 is 0 Å². The second-order valence-corrected chi connectivity index (χ2v) is 5.51. The topological polar surface area (TPSA) is 58.6 Å². The zero-order chi connectivity index (χ0) is 15.5. The third-order valence-corrected chi connectivity index (χ3v) is 4.17. The highest BCUT2D eigenvalue weighted by Gasteiger charge is 2.22. The number of hydrogen-bond donors (Lipinski definition) is 2. The van der Waals surface area contributed by atoms with Gasteiger partial charge < -0.3 is 15.2 Å². The number of fused-ring (bicyclic) bond motifs is 1. The summed E-state index contributed by atoms with van der Waals surface area (Å²) < 4.78 is 5.43. The molecule has 1 atom stereocenters. The first-order valence-corrected chi connectivity index (χ1v) is 7.44. The van der Waals surface area contributed by atoms with Gasteiger partial charge in [-0.15, -0.1) is 0 Å². The van der Waals surface area contributed by atoms with Crippen molar-refractivity contribution in [2.45, 2.75) is 25.3 Å². The Kier molecular flexibility index (Phi) is 4.00. The molecule has 0 radical (unpaired) electrons. The van der Waals surface area contributed by atoms with Gasteiger partial charge in [0, 0.05) is 5.56 Å². The van der Waals surface area contributed by atoms with Crippen molar-refractivity contribution in [3.63, 3.8) is 0 Å². The number of methoxy groups -OCH3 is 1. The third-order valence-electron chi connectivity index (χ3n) is 4.17. The quantitative estimate of drug-likeness (QED) is 0.900. The highest BCUT2D eigenvalue weighted by Crippen LogP contribution is 2.35. The fourth-order valence-corrected chi connectivity index (χ4v) is 3.16. The van der Waals surface area contributed by atoms with Crippen molar-refractivity contribution in [2.75, 3.05) is 7.11 Å². The summed E-state index contributed by atoms with van der Waals surface area (Å²) in [6.45, 7) is 0. The smallest absolute Gasteiger partial charge is 0.405 e. The molecule has 0 bridgehead atoms. The largest absolute Gasteiger partial charge is 0.496 e. The Morgan fingerprint density at radius 2 is 2.09 bits per heavy atom. The monoisotopic (exact) mass is 297 g/mol. The van der Waals surface area contributed by atoms with Crippen molar-refractivity contribution in [3.05, 3.63) is 53.6 Å². The van der Waals surface area contributed by atoms with Crippen molar-refractivity contribution in [3.8, 4) is 16.9 Å². The minimum atomic E-state index is -0.966. The summed E-state index contributed by atoms with van der Waals surface area (Å²) in [6, 6.07) is 14.1. The Morgan fingerprint density at radius 1 is 1.27 bits per heavy atom. The van der Waals surface area contributed by atoms with Crippen molar-refractivity contribution in [2.24, 2.45) is 0 Å². The predicted octanol–water partition coefficient (Wildman–Crippen LogP) is 4.01. The van der Waals surface area contributed by atoms with Gasteiger partial charge in [-0.05, 0) is 42.0 Å². The molecular formula is C18H19NO3. The molecule has 22 heavy (non-hydrogen) atoms. The molecule has 2 aromatic carbocycles.